The third kappa shape index (κ3) is 3.76. The third-order valence-electron chi connectivity index (χ3n) is 3.86. The number of aryl methyl sites for hydroxylation is 3. The number of hydrogen-bond acceptors (Lipinski definition) is 6. The Morgan fingerprint density at radius 1 is 1.28 bits per heavy atom. The van der Waals surface area contributed by atoms with Crippen LogP contribution in [0.5, 0.6) is 5.88 Å². The number of carbonyl (C=O) groups excluding carboxylic acids is 1. The Bertz CT molecular complexity index is 884. The van der Waals surface area contributed by atoms with E-state index < -0.39 is 0 Å². The maximum Gasteiger partial charge on any atom is 0.231 e. The molecule has 0 unspecified atom stereocenters. The monoisotopic (exact) mass is 343 g/mol. The van der Waals surface area contributed by atoms with Gasteiger partial charge in [-0.1, -0.05) is 0 Å². The van der Waals surface area contributed by atoms with Gasteiger partial charge in [0.2, 0.25) is 11.8 Å². The summed E-state index contributed by atoms with van der Waals surface area (Å²) in [5.41, 5.74) is 2.23. The summed E-state index contributed by atoms with van der Waals surface area (Å²) in [6, 6.07) is 3.53. The first-order valence-electron chi connectivity index (χ1n) is 8.20. The number of rotatable bonds is 7. The molecule has 0 atom stereocenters. The van der Waals surface area contributed by atoms with Gasteiger partial charge in [-0.3, -0.25) is 9.48 Å². The lowest BCUT2D eigenvalue weighted by Crippen LogP contribution is -2.12. The molecular formula is C16H21N7O2. The average molecular weight is 343 g/mol. The van der Waals surface area contributed by atoms with Gasteiger partial charge < -0.3 is 10.1 Å². The van der Waals surface area contributed by atoms with E-state index in [1.54, 1.807) is 28.4 Å². The predicted molar refractivity (Wildman–Crippen MR) is 91.5 cm³/mol. The SMILES string of the molecule is CCn1cc(NC(=O)CCCc2nnc3ccc(OC)nn23)c(C)n1. The maximum absolute atomic E-state index is 12.1. The molecule has 3 heterocycles. The molecule has 0 aromatic carbocycles. The topological polar surface area (TPSA) is 99.2 Å². The largest absolute Gasteiger partial charge is 0.480 e. The van der Waals surface area contributed by atoms with Gasteiger partial charge in [0, 0.05) is 31.6 Å². The summed E-state index contributed by atoms with van der Waals surface area (Å²) in [6.07, 6.45) is 3.47. The molecule has 132 valence electrons. The van der Waals surface area contributed by atoms with Crippen LogP contribution in [0.1, 0.15) is 31.3 Å². The number of hydrogen-bond donors (Lipinski definition) is 1. The van der Waals surface area contributed by atoms with Gasteiger partial charge in [-0.2, -0.15) is 9.61 Å². The van der Waals surface area contributed by atoms with Crippen molar-refractivity contribution >= 4 is 17.2 Å². The molecule has 9 nitrogen and oxygen atoms in total. The van der Waals surface area contributed by atoms with Crippen molar-refractivity contribution in [1.82, 2.24) is 29.6 Å². The predicted octanol–water partition coefficient (Wildman–Crippen LogP) is 1.62. The van der Waals surface area contributed by atoms with Crippen LogP contribution >= 0.6 is 0 Å². The molecule has 1 amide bonds. The van der Waals surface area contributed by atoms with Crippen LogP contribution < -0.4 is 10.1 Å². The van der Waals surface area contributed by atoms with Crippen LogP contribution in [0.25, 0.3) is 5.65 Å². The number of methoxy groups -OCH3 is 1. The molecule has 3 rings (SSSR count). The lowest BCUT2D eigenvalue weighted by Gasteiger charge is -2.04. The van der Waals surface area contributed by atoms with E-state index >= 15 is 0 Å². The highest BCUT2D eigenvalue weighted by molar-refractivity contribution is 5.91. The summed E-state index contributed by atoms with van der Waals surface area (Å²) < 4.78 is 8.56. The summed E-state index contributed by atoms with van der Waals surface area (Å²) in [6.45, 7) is 4.65. The van der Waals surface area contributed by atoms with Crippen LogP contribution in [-0.2, 0) is 17.8 Å². The van der Waals surface area contributed by atoms with E-state index in [2.05, 4.69) is 25.7 Å². The van der Waals surface area contributed by atoms with E-state index in [1.165, 1.54) is 0 Å². The summed E-state index contributed by atoms with van der Waals surface area (Å²) in [7, 11) is 1.56. The second-order valence-corrected chi connectivity index (χ2v) is 5.65. The van der Waals surface area contributed by atoms with Gasteiger partial charge in [0.1, 0.15) is 0 Å². The summed E-state index contributed by atoms with van der Waals surface area (Å²) >= 11 is 0. The second-order valence-electron chi connectivity index (χ2n) is 5.65. The third-order valence-corrected chi connectivity index (χ3v) is 3.86. The lowest BCUT2D eigenvalue weighted by atomic mass is 10.2. The second kappa shape index (κ2) is 7.29. The molecule has 0 saturated heterocycles. The molecule has 9 heteroatoms. The van der Waals surface area contributed by atoms with Crippen molar-refractivity contribution in [2.45, 2.75) is 39.7 Å². The van der Waals surface area contributed by atoms with Crippen LogP contribution in [0.4, 0.5) is 5.69 Å². The highest BCUT2D eigenvalue weighted by atomic mass is 16.5. The normalized spacial score (nSPS) is 11.0. The van der Waals surface area contributed by atoms with E-state index in [0.717, 1.165) is 17.9 Å². The van der Waals surface area contributed by atoms with Crippen LogP contribution in [-0.4, -0.2) is 42.6 Å². The smallest absolute Gasteiger partial charge is 0.231 e. The first kappa shape index (κ1) is 16.9. The highest BCUT2D eigenvalue weighted by Gasteiger charge is 2.11. The standard InChI is InChI=1S/C16H21N7O2/c1-4-22-10-12(11(2)20-22)17-15(24)7-5-6-13-18-19-14-8-9-16(25-3)21-23(13)14/h8-10H,4-7H2,1-3H3,(H,17,24). The molecule has 0 spiro atoms. The Hall–Kier alpha value is -2.97. The van der Waals surface area contributed by atoms with Gasteiger partial charge in [0.15, 0.2) is 11.5 Å². The van der Waals surface area contributed by atoms with Gasteiger partial charge in [0.25, 0.3) is 0 Å². The van der Waals surface area contributed by atoms with Crippen molar-refractivity contribution in [2.24, 2.45) is 0 Å². The summed E-state index contributed by atoms with van der Waals surface area (Å²) in [4.78, 5) is 12.1. The van der Waals surface area contributed by atoms with Gasteiger partial charge in [0.05, 0.1) is 18.5 Å². The number of amides is 1. The van der Waals surface area contributed by atoms with E-state index in [0.29, 0.717) is 36.6 Å². The van der Waals surface area contributed by atoms with Crippen LogP contribution in [0.15, 0.2) is 18.3 Å². The van der Waals surface area contributed by atoms with E-state index in [-0.39, 0.29) is 5.91 Å². The minimum absolute atomic E-state index is 0.0434. The van der Waals surface area contributed by atoms with Crippen molar-refractivity contribution in [3.8, 4) is 5.88 Å². The molecule has 1 N–H and O–H groups in total. The minimum atomic E-state index is -0.0434. The van der Waals surface area contributed by atoms with Gasteiger partial charge >= 0.3 is 0 Å². The van der Waals surface area contributed by atoms with E-state index in [9.17, 15) is 4.79 Å². The number of nitrogens with one attached hydrogen (secondary N) is 1. The van der Waals surface area contributed by atoms with Crippen LogP contribution in [0, 0.1) is 6.92 Å². The molecule has 0 aliphatic carbocycles. The molecule has 0 saturated carbocycles. The maximum atomic E-state index is 12.1. The zero-order valence-electron chi connectivity index (χ0n) is 14.6. The summed E-state index contributed by atoms with van der Waals surface area (Å²) in [5.74, 6) is 1.16. The number of carbonyl (C=O) groups is 1. The van der Waals surface area contributed by atoms with E-state index in [1.807, 2.05) is 20.0 Å². The van der Waals surface area contributed by atoms with Gasteiger partial charge in [-0.25, -0.2) is 0 Å². The first-order valence-corrected chi connectivity index (χ1v) is 8.20. The average Bonchev–Trinajstić information content (AvgIpc) is 3.18. The Labute approximate surface area is 145 Å². The van der Waals surface area contributed by atoms with Gasteiger partial charge in [-0.15, -0.1) is 15.3 Å². The Kier molecular flexibility index (Phi) is 4.92. The number of ether oxygens (including phenoxy) is 1. The summed E-state index contributed by atoms with van der Waals surface area (Å²) in [5, 5.41) is 19.7. The first-order chi connectivity index (χ1) is 12.1. The van der Waals surface area contributed by atoms with Gasteiger partial charge in [-0.05, 0) is 26.3 Å². The zero-order valence-corrected chi connectivity index (χ0v) is 14.6. The van der Waals surface area contributed by atoms with Crippen molar-refractivity contribution in [3.63, 3.8) is 0 Å². The van der Waals surface area contributed by atoms with Crippen molar-refractivity contribution in [3.05, 3.63) is 29.8 Å². The molecule has 0 aliphatic heterocycles. The fourth-order valence-electron chi connectivity index (χ4n) is 2.50. The molecule has 0 aliphatic rings. The zero-order chi connectivity index (χ0) is 17.8. The molecule has 3 aromatic heterocycles. The number of anilines is 1. The highest BCUT2D eigenvalue weighted by Crippen LogP contribution is 2.14. The Morgan fingerprint density at radius 3 is 2.84 bits per heavy atom. The molecule has 25 heavy (non-hydrogen) atoms. The fourth-order valence-corrected chi connectivity index (χ4v) is 2.50. The quantitative estimate of drug-likeness (QED) is 0.700. The molecule has 0 fully saturated rings. The Morgan fingerprint density at radius 2 is 2.12 bits per heavy atom. The minimum Gasteiger partial charge on any atom is -0.480 e. The van der Waals surface area contributed by atoms with E-state index in [4.69, 9.17) is 4.74 Å². The molecule has 3 aromatic rings. The molecule has 0 radical (unpaired) electrons. The van der Waals surface area contributed by atoms with Crippen molar-refractivity contribution < 1.29 is 9.53 Å². The molecular weight excluding hydrogens is 322 g/mol. The van der Waals surface area contributed by atoms with Crippen molar-refractivity contribution in [2.75, 3.05) is 12.4 Å². The lowest BCUT2D eigenvalue weighted by molar-refractivity contribution is -0.116. The number of aromatic nitrogens is 6. The van der Waals surface area contributed by atoms with Crippen LogP contribution in [0.2, 0.25) is 0 Å². The number of nitrogens with zero attached hydrogens (tertiary/aromatic N) is 6. The Balaban J connectivity index is 1.57. The number of fused-ring (bicyclic) bond motifs is 1. The molecule has 0 bridgehead atoms. The fraction of sp³-hybridized carbons (Fsp3) is 0.438. The van der Waals surface area contributed by atoms with Crippen molar-refractivity contribution in [1.29, 1.82) is 0 Å². The van der Waals surface area contributed by atoms with Crippen LogP contribution in [0.3, 0.4) is 0 Å².